The Balaban J connectivity index is 1.22. The van der Waals surface area contributed by atoms with E-state index < -0.39 is 0 Å². The van der Waals surface area contributed by atoms with Crippen LogP contribution in [0.2, 0.25) is 0 Å². The van der Waals surface area contributed by atoms with Gasteiger partial charge in [0.15, 0.2) is 0 Å². The van der Waals surface area contributed by atoms with Gasteiger partial charge in [-0.2, -0.15) is 0 Å². The standard InChI is InChI=1S/C24H34N4O/c1-15(2)20-13-21(26-25-20)22-12-18-14-27(23(29)24(18)8-5-9-28(22)24)19-10-16-6-3-4-7-17(16)11-19/h3-4,6-7,15,18-22,25-26H,5,8-14H2,1-2H3/t18-,20?,21?,22-,24-/m0/s1. The van der Waals surface area contributed by atoms with Gasteiger partial charge in [-0.25, -0.2) is 0 Å². The highest BCUT2D eigenvalue weighted by Gasteiger charge is 2.66. The Morgan fingerprint density at radius 2 is 1.86 bits per heavy atom. The number of carbonyl (C=O) groups is 1. The summed E-state index contributed by atoms with van der Waals surface area (Å²) < 4.78 is 0. The van der Waals surface area contributed by atoms with Gasteiger partial charge in [-0.05, 0) is 62.1 Å². The van der Waals surface area contributed by atoms with Crippen molar-refractivity contribution in [2.24, 2.45) is 11.8 Å². The fourth-order valence-electron chi connectivity index (χ4n) is 7.33. The van der Waals surface area contributed by atoms with E-state index in [0.29, 0.717) is 41.9 Å². The van der Waals surface area contributed by atoms with Crippen molar-refractivity contribution in [2.75, 3.05) is 13.1 Å². The van der Waals surface area contributed by atoms with Gasteiger partial charge in [-0.3, -0.25) is 20.5 Å². The van der Waals surface area contributed by atoms with Crippen LogP contribution in [0.5, 0.6) is 0 Å². The molecule has 29 heavy (non-hydrogen) atoms. The van der Waals surface area contributed by atoms with E-state index in [2.05, 4.69) is 58.8 Å². The van der Waals surface area contributed by atoms with E-state index in [1.807, 2.05) is 0 Å². The van der Waals surface area contributed by atoms with Crippen molar-refractivity contribution in [1.29, 1.82) is 0 Å². The van der Waals surface area contributed by atoms with Crippen LogP contribution in [0, 0.1) is 11.8 Å². The lowest BCUT2D eigenvalue weighted by molar-refractivity contribution is -0.138. The molecule has 156 valence electrons. The summed E-state index contributed by atoms with van der Waals surface area (Å²) >= 11 is 0. The second-order valence-electron chi connectivity index (χ2n) is 10.5. The summed E-state index contributed by atoms with van der Waals surface area (Å²) in [5.74, 6) is 1.60. The van der Waals surface area contributed by atoms with Crippen LogP contribution in [0.3, 0.4) is 0 Å². The van der Waals surface area contributed by atoms with Gasteiger partial charge in [0.05, 0.1) is 0 Å². The molecular formula is C24H34N4O. The maximum Gasteiger partial charge on any atom is 0.243 e. The average molecular weight is 395 g/mol. The van der Waals surface area contributed by atoms with E-state index in [1.165, 1.54) is 30.4 Å². The zero-order valence-electron chi connectivity index (χ0n) is 17.7. The molecule has 0 radical (unpaired) electrons. The average Bonchev–Trinajstić information content (AvgIpc) is 3.49. The highest BCUT2D eigenvalue weighted by Crippen LogP contribution is 2.53. The number of likely N-dealkylation sites (tertiary alicyclic amines) is 1. The summed E-state index contributed by atoms with van der Waals surface area (Å²) in [5, 5.41) is 0. The van der Waals surface area contributed by atoms with Crippen LogP contribution in [-0.2, 0) is 17.6 Å². The van der Waals surface area contributed by atoms with Crippen LogP contribution < -0.4 is 10.9 Å². The van der Waals surface area contributed by atoms with Gasteiger partial charge in [-0.15, -0.1) is 0 Å². The number of hydrogen-bond acceptors (Lipinski definition) is 4. The quantitative estimate of drug-likeness (QED) is 0.824. The lowest BCUT2D eigenvalue weighted by atomic mass is 9.85. The molecule has 5 atom stereocenters. The van der Waals surface area contributed by atoms with E-state index in [1.54, 1.807) is 0 Å². The minimum atomic E-state index is -0.197. The van der Waals surface area contributed by atoms with Gasteiger partial charge >= 0.3 is 0 Å². The van der Waals surface area contributed by atoms with Gasteiger partial charge in [0.2, 0.25) is 5.91 Å². The van der Waals surface area contributed by atoms with Gasteiger partial charge in [-0.1, -0.05) is 38.1 Å². The van der Waals surface area contributed by atoms with Crippen molar-refractivity contribution < 1.29 is 4.79 Å². The van der Waals surface area contributed by atoms with E-state index in [-0.39, 0.29) is 5.54 Å². The molecular weight excluding hydrogens is 360 g/mol. The van der Waals surface area contributed by atoms with E-state index in [9.17, 15) is 4.79 Å². The van der Waals surface area contributed by atoms with Crippen LogP contribution >= 0.6 is 0 Å². The summed E-state index contributed by atoms with van der Waals surface area (Å²) in [6.07, 6.45) is 6.67. The van der Waals surface area contributed by atoms with Crippen LogP contribution in [0.4, 0.5) is 0 Å². The maximum absolute atomic E-state index is 13.9. The summed E-state index contributed by atoms with van der Waals surface area (Å²) in [4.78, 5) is 18.8. The third-order valence-electron chi connectivity index (χ3n) is 8.82. The molecule has 0 saturated carbocycles. The van der Waals surface area contributed by atoms with Crippen LogP contribution in [0.15, 0.2) is 24.3 Å². The molecule has 1 aromatic rings. The molecule has 0 bridgehead atoms. The maximum atomic E-state index is 13.9. The number of amides is 1. The first-order valence-corrected chi connectivity index (χ1v) is 11.7. The highest BCUT2D eigenvalue weighted by atomic mass is 16.2. The van der Waals surface area contributed by atoms with Crippen molar-refractivity contribution in [3.8, 4) is 0 Å². The Bertz CT molecular complexity index is 800. The molecule has 5 nitrogen and oxygen atoms in total. The number of carbonyl (C=O) groups excluding carboxylic acids is 1. The minimum Gasteiger partial charge on any atom is -0.337 e. The first-order valence-electron chi connectivity index (χ1n) is 11.7. The topological polar surface area (TPSA) is 47.6 Å². The van der Waals surface area contributed by atoms with Crippen molar-refractivity contribution in [1.82, 2.24) is 20.7 Å². The molecule has 2 N–H and O–H groups in total. The molecule has 4 fully saturated rings. The Kier molecular flexibility index (Phi) is 4.13. The number of nitrogens with zero attached hydrogens (tertiary/aromatic N) is 2. The predicted molar refractivity (Wildman–Crippen MR) is 113 cm³/mol. The lowest BCUT2D eigenvalue weighted by Crippen LogP contribution is -2.56. The molecule has 1 aliphatic carbocycles. The van der Waals surface area contributed by atoms with Gasteiger partial charge < -0.3 is 4.90 Å². The molecule has 5 aliphatic rings. The predicted octanol–water partition coefficient (Wildman–Crippen LogP) is 2.11. The zero-order valence-corrected chi connectivity index (χ0v) is 17.7. The molecule has 0 aromatic heterocycles. The largest absolute Gasteiger partial charge is 0.337 e. The van der Waals surface area contributed by atoms with Crippen molar-refractivity contribution in [2.45, 2.75) is 82.1 Å². The SMILES string of the molecule is CC(C)C1CC([C@@H]2C[C@H]3CN(C4Cc5ccccc5C4)C(=O)[C@]34CCCN24)NN1. The molecule has 6 rings (SSSR count). The Labute approximate surface area is 174 Å². The zero-order chi connectivity index (χ0) is 19.8. The van der Waals surface area contributed by atoms with E-state index in [0.717, 1.165) is 32.4 Å². The van der Waals surface area contributed by atoms with Crippen molar-refractivity contribution in [3.63, 3.8) is 0 Å². The van der Waals surface area contributed by atoms with Crippen molar-refractivity contribution >= 4 is 5.91 Å². The molecule has 1 aromatic carbocycles. The number of nitrogens with one attached hydrogen (secondary N) is 2. The first-order chi connectivity index (χ1) is 14.1. The van der Waals surface area contributed by atoms with Crippen LogP contribution in [0.25, 0.3) is 0 Å². The van der Waals surface area contributed by atoms with Crippen molar-refractivity contribution in [3.05, 3.63) is 35.4 Å². The summed E-state index contributed by atoms with van der Waals surface area (Å²) in [7, 11) is 0. The highest BCUT2D eigenvalue weighted by molar-refractivity contribution is 5.90. The van der Waals surface area contributed by atoms with E-state index in [4.69, 9.17) is 0 Å². The number of benzene rings is 1. The Morgan fingerprint density at radius 3 is 2.55 bits per heavy atom. The summed E-state index contributed by atoms with van der Waals surface area (Å²) in [5.41, 5.74) is 9.83. The first kappa shape index (κ1) is 18.3. The van der Waals surface area contributed by atoms with Crippen LogP contribution in [-0.4, -0.2) is 58.5 Å². The molecule has 1 spiro atoms. The second kappa shape index (κ2) is 6.53. The molecule has 1 amide bonds. The van der Waals surface area contributed by atoms with Gasteiger partial charge in [0.25, 0.3) is 0 Å². The van der Waals surface area contributed by atoms with E-state index >= 15 is 0 Å². The smallest absolute Gasteiger partial charge is 0.243 e. The molecule has 2 unspecified atom stereocenters. The molecule has 4 heterocycles. The number of fused-ring (bicyclic) bond motifs is 1. The van der Waals surface area contributed by atoms with Crippen LogP contribution in [0.1, 0.15) is 50.7 Å². The summed E-state index contributed by atoms with van der Waals surface area (Å²) in [6, 6.07) is 10.7. The summed E-state index contributed by atoms with van der Waals surface area (Å²) in [6.45, 7) is 6.65. The van der Waals surface area contributed by atoms with Gasteiger partial charge in [0.1, 0.15) is 5.54 Å². The minimum absolute atomic E-state index is 0.197. The lowest BCUT2D eigenvalue weighted by Gasteiger charge is -2.36. The third kappa shape index (κ3) is 2.53. The second-order valence-corrected chi connectivity index (χ2v) is 10.5. The molecule has 4 saturated heterocycles. The number of hydrazine groups is 1. The van der Waals surface area contributed by atoms with Gasteiger partial charge in [0, 0.05) is 36.6 Å². The molecule has 4 aliphatic heterocycles. The Hall–Kier alpha value is -1.43. The monoisotopic (exact) mass is 394 g/mol. The fourth-order valence-corrected chi connectivity index (χ4v) is 7.33. The Morgan fingerprint density at radius 1 is 1.10 bits per heavy atom. The third-order valence-corrected chi connectivity index (χ3v) is 8.82. The number of rotatable bonds is 3. The number of hydrogen-bond donors (Lipinski definition) is 2. The normalized spacial score (nSPS) is 39.6. The molecule has 5 heteroatoms. The fraction of sp³-hybridized carbons (Fsp3) is 0.708.